The molecule has 0 aliphatic carbocycles. The van der Waals surface area contributed by atoms with Crippen LogP contribution in [0, 0.1) is 20.7 Å². The molecule has 0 amide bonds. The minimum atomic E-state index is -0.504. The zero-order valence-corrected chi connectivity index (χ0v) is 11.5. The van der Waals surface area contributed by atoms with Crippen LogP contribution in [-0.2, 0) is 6.61 Å². The van der Waals surface area contributed by atoms with E-state index in [0.29, 0.717) is 6.61 Å². The zero-order chi connectivity index (χ0) is 13.0. The first-order valence-corrected chi connectivity index (χ1v) is 6.34. The van der Waals surface area contributed by atoms with E-state index in [0.717, 1.165) is 14.9 Å². The van der Waals surface area contributed by atoms with Gasteiger partial charge in [0.1, 0.15) is 24.2 Å². The van der Waals surface area contributed by atoms with E-state index in [2.05, 4.69) is 22.6 Å². The van der Waals surface area contributed by atoms with E-state index in [4.69, 9.17) is 10.00 Å². The lowest BCUT2D eigenvalue weighted by atomic mass is 10.1. The average molecular weight is 353 g/mol. The van der Waals surface area contributed by atoms with Gasteiger partial charge < -0.3 is 4.74 Å². The minimum Gasteiger partial charge on any atom is -0.489 e. The van der Waals surface area contributed by atoms with E-state index in [1.54, 1.807) is 6.07 Å². The van der Waals surface area contributed by atoms with Gasteiger partial charge in [0.15, 0.2) is 0 Å². The van der Waals surface area contributed by atoms with E-state index >= 15 is 0 Å². The van der Waals surface area contributed by atoms with Crippen molar-refractivity contribution in [2.75, 3.05) is 0 Å². The molecule has 2 nitrogen and oxygen atoms in total. The lowest BCUT2D eigenvalue weighted by Gasteiger charge is -2.07. The van der Waals surface area contributed by atoms with Crippen LogP contribution in [-0.4, -0.2) is 0 Å². The van der Waals surface area contributed by atoms with Gasteiger partial charge in [0.05, 0.1) is 5.56 Å². The highest BCUT2D eigenvalue weighted by molar-refractivity contribution is 14.1. The molecule has 0 atom stereocenters. The fourth-order valence-corrected chi connectivity index (χ4v) is 1.99. The third-order valence-corrected chi connectivity index (χ3v) is 3.02. The highest BCUT2D eigenvalue weighted by Crippen LogP contribution is 2.17. The van der Waals surface area contributed by atoms with Crippen molar-refractivity contribution in [3.05, 3.63) is 63.0 Å². The Morgan fingerprint density at radius 1 is 1.22 bits per heavy atom. The Labute approximate surface area is 118 Å². The molecule has 0 spiro atoms. The van der Waals surface area contributed by atoms with Gasteiger partial charge in [-0.3, -0.25) is 0 Å². The standard InChI is InChI=1S/C14H9FINO/c15-14-5-4-10(6-11(14)8-17)9-18-13-3-1-2-12(16)7-13/h1-7H,9H2. The Morgan fingerprint density at radius 3 is 2.78 bits per heavy atom. The molecule has 0 bridgehead atoms. The van der Waals surface area contributed by atoms with Crippen molar-refractivity contribution in [2.24, 2.45) is 0 Å². The lowest BCUT2D eigenvalue weighted by Crippen LogP contribution is -1.97. The normalized spacial score (nSPS) is 9.83. The van der Waals surface area contributed by atoms with Crippen molar-refractivity contribution < 1.29 is 9.13 Å². The predicted molar refractivity (Wildman–Crippen MR) is 74.6 cm³/mol. The Bertz CT molecular complexity index is 607. The highest BCUT2D eigenvalue weighted by Gasteiger charge is 2.03. The van der Waals surface area contributed by atoms with Crippen molar-refractivity contribution >= 4 is 22.6 Å². The predicted octanol–water partition coefficient (Wildman–Crippen LogP) is 3.88. The van der Waals surface area contributed by atoms with Gasteiger partial charge in [-0.1, -0.05) is 12.1 Å². The molecule has 0 N–H and O–H groups in total. The highest BCUT2D eigenvalue weighted by atomic mass is 127. The first-order valence-electron chi connectivity index (χ1n) is 5.26. The molecule has 0 saturated heterocycles. The van der Waals surface area contributed by atoms with E-state index in [-0.39, 0.29) is 5.56 Å². The maximum absolute atomic E-state index is 13.1. The third-order valence-electron chi connectivity index (χ3n) is 2.35. The van der Waals surface area contributed by atoms with Crippen LogP contribution in [0.4, 0.5) is 4.39 Å². The summed E-state index contributed by atoms with van der Waals surface area (Å²) < 4.78 is 19.8. The largest absolute Gasteiger partial charge is 0.489 e. The van der Waals surface area contributed by atoms with E-state index in [1.165, 1.54) is 12.1 Å². The minimum absolute atomic E-state index is 0.0405. The second-order valence-electron chi connectivity index (χ2n) is 3.67. The van der Waals surface area contributed by atoms with E-state index < -0.39 is 5.82 Å². The molecular weight excluding hydrogens is 344 g/mol. The number of ether oxygens (including phenoxy) is 1. The average Bonchev–Trinajstić information content (AvgIpc) is 2.38. The molecule has 90 valence electrons. The van der Waals surface area contributed by atoms with Gasteiger partial charge >= 0.3 is 0 Å². The maximum atomic E-state index is 13.1. The third kappa shape index (κ3) is 3.20. The Hall–Kier alpha value is -1.61. The summed E-state index contributed by atoms with van der Waals surface area (Å²) in [5.41, 5.74) is 0.811. The molecule has 18 heavy (non-hydrogen) atoms. The van der Waals surface area contributed by atoms with E-state index in [1.807, 2.05) is 30.3 Å². The summed E-state index contributed by atoms with van der Waals surface area (Å²) in [6.45, 7) is 0.315. The Kier molecular flexibility index (Phi) is 4.15. The number of rotatable bonds is 3. The molecular formula is C14H9FINO. The molecule has 0 fully saturated rings. The number of halogens is 2. The summed E-state index contributed by atoms with van der Waals surface area (Å²) in [7, 11) is 0. The SMILES string of the molecule is N#Cc1cc(COc2cccc(I)c2)ccc1F. The summed E-state index contributed by atoms with van der Waals surface area (Å²) in [6.07, 6.45) is 0. The number of nitrogens with zero attached hydrogens (tertiary/aromatic N) is 1. The van der Waals surface area contributed by atoms with Gasteiger partial charge in [-0.05, 0) is 58.5 Å². The van der Waals surface area contributed by atoms with Crippen LogP contribution < -0.4 is 4.74 Å². The van der Waals surface area contributed by atoms with Crippen molar-refractivity contribution in [3.63, 3.8) is 0 Å². The quantitative estimate of drug-likeness (QED) is 0.785. The first kappa shape index (κ1) is 12.8. The summed E-state index contributed by atoms with van der Waals surface area (Å²) in [4.78, 5) is 0. The molecule has 2 rings (SSSR count). The van der Waals surface area contributed by atoms with Gasteiger partial charge in [0, 0.05) is 3.57 Å². The van der Waals surface area contributed by atoms with Gasteiger partial charge in [-0.25, -0.2) is 4.39 Å². The Morgan fingerprint density at radius 2 is 2.06 bits per heavy atom. The van der Waals surface area contributed by atoms with Crippen LogP contribution in [0.1, 0.15) is 11.1 Å². The lowest BCUT2D eigenvalue weighted by molar-refractivity contribution is 0.306. The number of benzene rings is 2. The molecule has 0 aromatic heterocycles. The van der Waals surface area contributed by atoms with Crippen molar-refractivity contribution in [3.8, 4) is 11.8 Å². The van der Waals surface area contributed by atoms with Crippen molar-refractivity contribution in [1.29, 1.82) is 5.26 Å². The van der Waals surface area contributed by atoms with Crippen LogP contribution in [0.3, 0.4) is 0 Å². The summed E-state index contributed by atoms with van der Waals surface area (Å²) >= 11 is 2.20. The fraction of sp³-hybridized carbons (Fsp3) is 0.0714. The van der Waals surface area contributed by atoms with Crippen LogP contribution in [0.25, 0.3) is 0 Å². The second-order valence-corrected chi connectivity index (χ2v) is 4.92. The van der Waals surface area contributed by atoms with Gasteiger partial charge in [-0.2, -0.15) is 5.26 Å². The molecule has 0 heterocycles. The summed E-state index contributed by atoms with van der Waals surface area (Å²) in [5, 5.41) is 8.73. The van der Waals surface area contributed by atoms with Gasteiger partial charge in [0.2, 0.25) is 0 Å². The molecule has 0 aliphatic heterocycles. The van der Waals surface area contributed by atoms with Crippen LogP contribution in [0.5, 0.6) is 5.75 Å². The monoisotopic (exact) mass is 353 g/mol. The summed E-state index contributed by atoms with van der Waals surface area (Å²) in [6, 6.07) is 13.9. The van der Waals surface area contributed by atoms with Gasteiger partial charge in [0.25, 0.3) is 0 Å². The molecule has 0 aliphatic rings. The Balaban J connectivity index is 2.09. The molecule has 2 aromatic carbocycles. The van der Waals surface area contributed by atoms with E-state index in [9.17, 15) is 4.39 Å². The smallest absolute Gasteiger partial charge is 0.140 e. The zero-order valence-electron chi connectivity index (χ0n) is 9.36. The number of hydrogen-bond donors (Lipinski definition) is 0. The second kappa shape index (κ2) is 5.83. The molecule has 0 radical (unpaired) electrons. The van der Waals surface area contributed by atoms with Crippen LogP contribution in [0.2, 0.25) is 0 Å². The maximum Gasteiger partial charge on any atom is 0.140 e. The van der Waals surface area contributed by atoms with Gasteiger partial charge in [-0.15, -0.1) is 0 Å². The topological polar surface area (TPSA) is 33.0 Å². The molecule has 2 aromatic rings. The van der Waals surface area contributed by atoms with Crippen molar-refractivity contribution in [2.45, 2.75) is 6.61 Å². The fourth-order valence-electron chi connectivity index (χ4n) is 1.47. The van der Waals surface area contributed by atoms with Crippen LogP contribution >= 0.6 is 22.6 Å². The molecule has 0 unspecified atom stereocenters. The molecule has 4 heteroatoms. The van der Waals surface area contributed by atoms with Crippen LogP contribution in [0.15, 0.2) is 42.5 Å². The number of hydrogen-bond acceptors (Lipinski definition) is 2. The summed E-state index contributed by atoms with van der Waals surface area (Å²) in [5.74, 6) is 0.250. The molecule has 0 saturated carbocycles. The number of nitriles is 1. The first-order chi connectivity index (χ1) is 8.69. The van der Waals surface area contributed by atoms with Crippen molar-refractivity contribution in [1.82, 2.24) is 0 Å².